The summed E-state index contributed by atoms with van der Waals surface area (Å²) in [5.74, 6) is 0. The van der Waals surface area contributed by atoms with Crippen molar-refractivity contribution in [2.24, 2.45) is 0 Å². The first-order chi connectivity index (χ1) is 21.1. The first-order valence-electron chi connectivity index (χ1n) is 15.1. The van der Waals surface area contributed by atoms with Gasteiger partial charge < -0.3 is 0 Å². The van der Waals surface area contributed by atoms with Gasteiger partial charge in [-0.05, 0) is 82.5 Å². The molecule has 0 heterocycles. The third-order valence-electron chi connectivity index (χ3n) is 8.05. The molecule has 8 aromatic rings. The van der Waals surface area contributed by atoms with E-state index in [9.17, 15) is 0 Å². The van der Waals surface area contributed by atoms with Gasteiger partial charge in [0.2, 0.25) is 0 Å². The summed E-state index contributed by atoms with van der Waals surface area (Å²) in [4.78, 5) is 0. The fraction of sp³-hybridized carbons (Fsp3) is 0. The zero-order chi connectivity index (χ0) is 29.1. The van der Waals surface area contributed by atoms with Crippen LogP contribution in [0.2, 0.25) is 0 Å². The van der Waals surface area contributed by atoms with Crippen molar-refractivity contribution in [3.8, 4) is 33.4 Å². The number of rotatable bonds is 3. The Hall–Kier alpha value is -5.20. The van der Waals surface area contributed by atoms with Crippen LogP contribution in [0.25, 0.3) is 76.5 Å². The molecule has 8 aromatic carbocycles. The van der Waals surface area contributed by atoms with Crippen LogP contribution in [0, 0.1) is 0 Å². The van der Waals surface area contributed by atoms with Gasteiger partial charge in [0, 0.05) is 0 Å². The monoisotopic (exact) mass is 509 g/mol. The fourth-order valence-corrected chi connectivity index (χ4v) is 6.30. The number of fused-ring (bicyclic) bond motifs is 4. The van der Waals surface area contributed by atoms with Crippen molar-refractivity contribution in [1.82, 2.24) is 0 Å². The van der Waals surface area contributed by atoms with Gasteiger partial charge >= 0.3 is 0 Å². The molecule has 0 spiro atoms. The molecule has 0 atom stereocenters. The maximum absolute atomic E-state index is 8.77. The van der Waals surface area contributed by atoms with Gasteiger partial charge in [0.05, 0.1) is 4.11 Å². The normalized spacial score (nSPS) is 12.6. The molecule has 0 bridgehead atoms. The van der Waals surface area contributed by atoms with Crippen molar-refractivity contribution in [2.45, 2.75) is 0 Å². The first-order valence-corrected chi connectivity index (χ1v) is 13.6. The fourth-order valence-electron chi connectivity index (χ4n) is 6.30. The summed E-state index contributed by atoms with van der Waals surface area (Å²) >= 11 is 0. The third kappa shape index (κ3) is 3.54. The second kappa shape index (κ2) is 9.22. The highest BCUT2D eigenvalue weighted by molar-refractivity contribution is 6.24. The van der Waals surface area contributed by atoms with Crippen molar-refractivity contribution in [2.75, 3.05) is 0 Å². The maximum Gasteiger partial charge on any atom is 0.0629 e. The largest absolute Gasteiger partial charge is 0.0629 e. The molecule has 0 aliphatic carbocycles. The number of benzene rings is 8. The van der Waals surface area contributed by atoms with E-state index in [4.69, 9.17) is 4.11 Å². The minimum atomic E-state index is 0.0666. The topological polar surface area (TPSA) is 0 Å². The summed E-state index contributed by atoms with van der Waals surface area (Å²) in [6.45, 7) is 0. The van der Waals surface area contributed by atoms with Crippen LogP contribution >= 0.6 is 0 Å². The highest BCUT2D eigenvalue weighted by atomic mass is 14.2. The minimum absolute atomic E-state index is 0.0666. The van der Waals surface area contributed by atoms with Gasteiger partial charge in [0.15, 0.2) is 0 Å². The highest BCUT2D eigenvalue weighted by Gasteiger charge is 2.18. The molecule has 0 heteroatoms. The second-order valence-electron chi connectivity index (χ2n) is 10.2. The molecule has 0 radical (unpaired) electrons. The lowest BCUT2D eigenvalue weighted by Crippen LogP contribution is -1.92. The molecule has 0 unspecified atom stereocenters. The van der Waals surface area contributed by atoms with Crippen LogP contribution in [-0.2, 0) is 0 Å². The van der Waals surface area contributed by atoms with Crippen LogP contribution in [0.15, 0.2) is 158 Å². The maximum atomic E-state index is 8.77. The zero-order valence-electron chi connectivity index (χ0n) is 24.8. The van der Waals surface area contributed by atoms with Crippen LogP contribution in [0.4, 0.5) is 0 Å². The Balaban J connectivity index is 1.45. The molecule has 0 amide bonds. The van der Waals surface area contributed by atoms with Gasteiger partial charge in [-0.2, -0.15) is 0 Å². The van der Waals surface area contributed by atoms with Crippen molar-refractivity contribution in [1.29, 1.82) is 0 Å². The van der Waals surface area contributed by atoms with Crippen LogP contribution in [0.1, 0.15) is 4.11 Å². The molecule has 0 aliphatic heterocycles. The third-order valence-corrected chi connectivity index (χ3v) is 8.05. The van der Waals surface area contributed by atoms with E-state index in [1.165, 1.54) is 38.7 Å². The first kappa shape index (κ1) is 19.8. The SMILES string of the molecule is [2H]c1cc([2H])c(-c2c3ccccc3c(-c3cccc4c(-c5ccc6ccccc6c5)cccc34)c3ccccc23)cc1[2H]. The Kier molecular flexibility index (Phi) is 4.57. The molecule has 0 N–H and O–H groups in total. The Bertz CT molecular complexity index is 2330. The summed E-state index contributed by atoms with van der Waals surface area (Å²) in [5.41, 5.74) is 6.33. The lowest BCUT2D eigenvalue weighted by atomic mass is 9.84. The van der Waals surface area contributed by atoms with Crippen molar-refractivity contribution in [3.05, 3.63) is 158 Å². The molecular weight excluding hydrogens is 480 g/mol. The zero-order valence-corrected chi connectivity index (χ0v) is 21.8. The summed E-state index contributed by atoms with van der Waals surface area (Å²) in [6.07, 6.45) is 0. The van der Waals surface area contributed by atoms with E-state index < -0.39 is 0 Å². The standard InChI is InChI=1S/C40H26/c1-2-13-28(14-3-1)39-35-16-6-8-18-37(35)40(38-19-9-7-17-36(38)39)34-23-11-21-32-31(20-10-22-33(32)34)30-25-24-27-12-4-5-15-29(27)26-30/h1-26H/i1D,2D,14D. The smallest absolute Gasteiger partial charge is 0.0622 e. The van der Waals surface area contributed by atoms with Crippen molar-refractivity contribution < 1.29 is 4.11 Å². The van der Waals surface area contributed by atoms with Gasteiger partial charge in [-0.1, -0.05) is 152 Å². The molecule has 0 fully saturated rings. The van der Waals surface area contributed by atoms with Crippen molar-refractivity contribution >= 4 is 43.1 Å². The van der Waals surface area contributed by atoms with Crippen LogP contribution in [0.5, 0.6) is 0 Å². The van der Waals surface area contributed by atoms with Crippen LogP contribution in [0.3, 0.4) is 0 Å². The second-order valence-corrected chi connectivity index (χ2v) is 10.2. The van der Waals surface area contributed by atoms with Gasteiger partial charge in [-0.3, -0.25) is 0 Å². The molecular formula is C40H26. The average Bonchev–Trinajstić information content (AvgIpc) is 3.05. The predicted molar refractivity (Wildman–Crippen MR) is 173 cm³/mol. The summed E-state index contributed by atoms with van der Waals surface area (Å²) in [5, 5.41) is 9.10. The number of hydrogen-bond acceptors (Lipinski definition) is 0. The molecule has 8 rings (SSSR count). The van der Waals surface area contributed by atoms with E-state index in [0.717, 1.165) is 38.2 Å². The molecule has 0 aliphatic rings. The van der Waals surface area contributed by atoms with E-state index in [0.29, 0.717) is 5.56 Å². The van der Waals surface area contributed by atoms with Crippen LogP contribution in [-0.4, -0.2) is 0 Å². The number of hydrogen-bond donors (Lipinski definition) is 0. The van der Waals surface area contributed by atoms with Gasteiger partial charge in [0.25, 0.3) is 0 Å². The summed E-state index contributed by atoms with van der Waals surface area (Å²) < 4.78 is 25.2. The van der Waals surface area contributed by atoms with E-state index in [2.05, 4.69) is 115 Å². The van der Waals surface area contributed by atoms with Gasteiger partial charge in [0.1, 0.15) is 0 Å². The quantitative estimate of drug-likeness (QED) is 0.208. The molecule has 0 aromatic heterocycles. The summed E-state index contributed by atoms with van der Waals surface area (Å²) in [7, 11) is 0. The molecule has 40 heavy (non-hydrogen) atoms. The van der Waals surface area contributed by atoms with E-state index >= 15 is 0 Å². The lowest BCUT2D eigenvalue weighted by Gasteiger charge is -2.19. The Morgan fingerprint density at radius 3 is 1.65 bits per heavy atom. The molecule has 0 nitrogen and oxygen atoms in total. The van der Waals surface area contributed by atoms with E-state index in [1.54, 1.807) is 6.07 Å². The molecule has 0 saturated carbocycles. The Morgan fingerprint density at radius 1 is 0.350 bits per heavy atom. The Morgan fingerprint density at radius 2 is 0.925 bits per heavy atom. The van der Waals surface area contributed by atoms with Crippen LogP contribution < -0.4 is 0 Å². The Labute approximate surface area is 238 Å². The molecule has 186 valence electrons. The van der Waals surface area contributed by atoms with Crippen molar-refractivity contribution in [3.63, 3.8) is 0 Å². The predicted octanol–water partition coefficient (Wildman–Crippen LogP) is 11.3. The molecule has 0 saturated heterocycles. The highest BCUT2D eigenvalue weighted by Crippen LogP contribution is 2.46. The lowest BCUT2D eigenvalue weighted by molar-refractivity contribution is 1.65. The average molecular weight is 510 g/mol. The van der Waals surface area contributed by atoms with E-state index in [1.807, 2.05) is 12.1 Å². The van der Waals surface area contributed by atoms with Gasteiger partial charge in [-0.25, -0.2) is 0 Å². The van der Waals surface area contributed by atoms with Gasteiger partial charge in [-0.15, -0.1) is 0 Å². The minimum Gasteiger partial charge on any atom is -0.0622 e. The summed E-state index contributed by atoms with van der Waals surface area (Å²) in [6, 6.07) is 48.7. The van der Waals surface area contributed by atoms with E-state index in [-0.39, 0.29) is 18.1 Å².